The Balaban J connectivity index is 1.97. The summed E-state index contributed by atoms with van der Waals surface area (Å²) in [4.78, 5) is 7.21. The van der Waals surface area contributed by atoms with Crippen molar-refractivity contribution in [2.45, 2.75) is 39.2 Å². The van der Waals surface area contributed by atoms with Gasteiger partial charge in [-0.1, -0.05) is 25.1 Å². The Labute approximate surface area is 127 Å². The van der Waals surface area contributed by atoms with E-state index >= 15 is 0 Å². The van der Waals surface area contributed by atoms with Gasteiger partial charge in [-0.15, -0.1) is 0 Å². The van der Waals surface area contributed by atoms with Crippen LogP contribution in [0, 0.1) is 6.92 Å². The van der Waals surface area contributed by atoms with Crippen LogP contribution < -0.4 is 10.2 Å². The van der Waals surface area contributed by atoms with Crippen molar-refractivity contribution in [3.63, 3.8) is 0 Å². The molecule has 3 rings (SSSR count). The van der Waals surface area contributed by atoms with Crippen LogP contribution >= 0.6 is 0 Å². The summed E-state index contributed by atoms with van der Waals surface area (Å²) in [6.45, 7) is 7.72. The van der Waals surface area contributed by atoms with Crippen LogP contribution in [0.4, 0.5) is 5.69 Å². The van der Waals surface area contributed by atoms with Crippen molar-refractivity contribution in [1.82, 2.24) is 10.3 Å². The number of nitrogens with one attached hydrogen (secondary N) is 1. The van der Waals surface area contributed by atoms with E-state index in [-0.39, 0.29) is 0 Å². The van der Waals surface area contributed by atoms with E-state index in [1.54, 1.807) is 0 Å². The van der Waals surface area contributed by atoms with Gasteiger partial charge in [0.05, 0.1) is 5.52 Å². The first kappa shape index (κ1) is 14.3. The maximum Gasteiger partial charge on any atom is 0.0726 e. The van der Waals surface area contributed by atoms with E-state index in [1.807, 2.05) is 0 Å². The van der Waals surface area contributed by atoms with Gasteiger partial charge in [0.15, 0.2) is 0 Å². The molecule has 1 aromatic carbocycles. The molecule has 0 saturated carbocycles. The lowest BCUT2D eigenvalue weighted by atomic mass is 10.1. The van der Waals surface area contributed by atoms with E-state index in [9.17, 15) is 0 Å². The predicted molar refractivity (Wildman–Crippen MR) is 90.0 cm³/mol. The van der Waals surface area contributed by atoms with Crippen LogP contribution in [0.3, 0.4) is 0 Å². The molecule has 3 nitrogen and oxygen atoms in total. The first-order valence-corrected chi connectivity index (χ1v) is 8.12. The standard InChI is InChI=1S/C18H25N3/c1-3-11-21(13-15-7-6-10-19-15)18-12-14(2)20-17-9-5-4-8-16(17)18/h4-5,8-9,12,15,19H,3,6-7,10-11,13H2,1-2H3. The van der Waals surface area contributed by atoms with E-state index in [0.717, 1.165) is 24.3 Å². The van der Waals surface area contributed by atoms with Gasteiger partial charge in [0.1, 0.15) is 0 Å². The molecule has 0 radical (unpaired) electrons. The molecule has 3 heteroatoms. The molecule has 0 amide bonds. The number of rotatable bonds is 5. The third-order valence-electron chi connectivity index (χ3n) is 4.26. The van der Waals surface area contributed by atoms with Gasteiger partial charge in [-0.05, 0) is 44.9 Å². The van der Waals surface area contributed by atoms with Gasteiger partial charge in [-0.25, -0.2) is 0 Å². The Morgan fingerprint density at radius 1 is 1.33 bits per heavy atom. The second-order valence-corrected chi connectivity index (χ2v) is 6.04. The lowest BCUT2D eigenvalue weighted by Gasteiger charge is -2.29. The first-order chi connectivity index (χ1) is 10.3. The molecular formula is C18H25N3. The van der Waals surface area contributed by atoms with Crippen molar-refractivity contribution in [2.75, 3.05) is 24.5 Å². The summed E-state index contributed by atoms with van der Waals surface area (Å²) in [6.07, 6.45) is 3.77. The minimum atomic E-state index is 0.629. The zero-order valence-corrected chi connectivity index (χ0v) is 13.1. The molecule has 112 valence electrons. The van der Waals surface area contributed by atoms with Gasteiger partial charge in [-0.2, -0.15) is 0 Å². The molecular weight excluding hydrogens is 258 g/mol. The van der Waals surface area contributed by atoms with Crippen LogP contribution in [0.5, 0.6) is 0 Å². The van der Waals surface area contributed by atoms with E-state index < -0.39 is 0 Å². The van der Waals surface area contributed by atoms with Crippen molar-refractivity contribution >= 4 is 16.6 Å². The van der Waals surface area contributed by atoms with Crippen LogP contribution in [0.25, 0.3) is 10.9 Å². The number of aromatic nitrogens is 1. The van der Waals surface area contributed by atoms with Crippen LogP contribution in [0.15, 0.2) is 30.3 Å². The second kappa shape index (κ2) is 6.44. The maximum atomic E-state index is 4.67. The zero-order chi connectivity index (χ0) is 14.7. The Hall–Kier alpha value is -1.61. The molecule has 0 spiro atoms. The van der Waals surface area contributed by atoms with Gasteiger partial charge in [-0.3, -0.25) is 4.98 Å². The number of anilines is 1. The molecule has 1 atom stereocenters. The van der Waals surface area contributed by atoms with Crippen LogP contribution in [-0.2, 0) is 0 Å². The van der Waals surface area contributed by atoms with Gasteiger partial charge >= 0.3 is 0 Å². The fourth-order valence-corrected chi connectivity index (χ4v) is 3.31. The average molecular weight is 283 g/mol. The number of para-hydroxylation sites is 1. The topological polar surface area (TPSA) is 28.2 Å². The van der Waals surface area contributed by atoms with Gasteiger partial charge < -0.3 is 10.2 Å². The van der Waals surface area contributed by atoms with Crippen molar-refractivity contribution < 1.29 is 0 Å². The minimum absolute atomic E-state index is 0.629. The molecule has 0 aliphatic carbocycles. The number of pyridine rings is 1. The predicted octanol–water partition coefficient (Wildman–Crippen LogP) is 3.51. The molecule has 1 aromatic heterocycles. The largest absolute Gasteiger partial charge is 0.369 e. The molecule has 2 heterocycles. The van der Waals surface area contributed by atoms with Crippen LogP contribution in [-0.4, -0.2) is 30.7 Å². The average Bonchev–Trinajstić information content (AvgIpc) is 2.99. The molecule has 1 unspecified atom stereocenters. The summed E-state index contributed by atoms with van der Waals surface area (Å²) in [5, 5.41) is 4.89. The summed E-state index contributed by atoms with van der Waals surface area (Å²) < 4.78 is 0. The summed E-state index contributed by atoms with van der Waals surface area (Å²) >= 11 is 0. The highest BCUT2D eigenvalue weighted by atomic mass is 15.2. The van der Waals surface area contributed by atoms with Crippen molar-refractivity contribution in [3.05, 3.63) is 36.0 Å². The smallest absolute Gasteiger partial charge is 0.0726 e. The Bertz CT molecular complexity index is 602. The lowest BCUT2D eigenvalue weighted by Crippen LogP contribution is -2.38. The van der Waals surface area contributed by atoms with Gasteiger partial charge in [0.2, 0.25) is 0 Å². The molecule has 1 aliphatic heterocycles. The number of aryl methyl sites for hydroxylation is 1. The second-order valence-electron chi connectivity index (χ2n) is 6.04. The first-order valence-electron chi connectivity index (χ1n) is 8.12. The summed E-state index contributed by atoms with van der Waals surface area (Å²) in [5.74, 6) is 0. The van der Waals surface area contributed by atoms with Crippen molar-refractivity contribution in [3.8, 4) is 0 Å². The number of benzene rings is 1. The summed E-state index contributed by atoms with van der Waals surface area (Å²) in [5.41, 5.74) is 3.55. The fraction of sp³-hybridized carbons (Fsp3) is 0.500. The number of hydrogen-bond acceptors (Lipinski definition) is 3. The van der Waals surface area contributed by atoms with E-state index in [1.165, 1.54) is 36.9 Å². The van der Waals surface area contributed by atoms with E-state index in [0.29, 0.717) is 6.04 Å². The van der Waals surface area contributed by atoms with Crippen molar-refractivity contribution in [1.29, 1.82) is 0 Å². The highest BCUT2D eigenvalue weighted by molar-refractivity contribution is 5.92. The van der Waals surface area contributed by atoms with Crippen LogP contribution in [0.1, 0.15) is 31.9 Å². The highest BCUT2D eigenvalue weighted by Crippen LogP contribution is 2.27. The van der Waals surface area contributed by atoms with Crippen molar-refractivity contribution in [2.24, 2.45) is 0 Å². The molecule has 21 heavy (non-hydrogen) atoms. The number of hydrogen-bond donors (Lipinski definition) is 1. The number of nitrogens with zero attached hydrogens (tertiary/aromatic N) is 2. The molecule has 1 fully saturated rings. The van der Waals surface area contributed by atoms with E-state index in [2.05, 4.69) is 59.4 Å². The van der Waals surface area contributed by atoms with Crippen LogP contribution in [0.2, 0.25) is 0 Å². The summed E-state index contributed by atoms with van der Waals surface area (Å²) in [7, 11) is 0. The monoisotopic (exact) mass is 283 g/mol. The zero-order valence-electron chi connectivity index (χ0n) is 13.1. The Morgan fingerprint density at radius 3 is 2.95 bits per heavy atom. The normalized spacial score (nSPS) is 18.3. The van der Waals surface area contributed by atoms with Gasteiger partial charge in [0, 0.05) is 35.9 Å². The number of fused-ring (bicyclic) bond motifs is 1. The molecule has 0 bridgehead atoms. The quantitative estimate of drug-likeness (QED) is 0.910. The minimum Gasteiger partial charge on any atom is -0.369 e. The Kier molecular flexibility index (Phi) is 4.39. The highest BCUT2D eigenvalue weighted by Gasteiger charge is 2.19. The molecule has 2 aromatic rings. The van der Waals surface area contributed by atoms with Gasteiger partial charge in [0.25, 0.3) is 0 Å². The SMILES string of the molecule is CCCN(CC1CCCN1)c1cc(C)nc2ccccc12. The Morgan fingerprint density at radius 2 is 2.19 bits per heavy atom. The third-order valence-corrected chi connectivity index (χ3v) is 4.26. The maximum absolute atomic E-state index is 4.67. The molecule has 1 N–H and O–H groups in total. The molecule has 1 saturated heterocycles. The third kappa shape index (κ3) is 3.18. The lowest BCUT2D eigenvalue weighted by molar-refractivity contribution is 0.579. The summed E-state index contributed by atoms with van der Waals surface area (Å²) in [6, 6.07) is 11.4. The molecule has 1 aliphatic rings. The van der Waals surface area contributed by atoms with E-state index in [4.69, 9.17) is 0 Å². The fourth-order valence-electron chi connectivity index (χ4n) is 3.31.